The summed E-state index contributed by atoms with van der Waals surface area (Å²) in [6.45, 7) is 10.1. The fourth-order valence-electron chi connectivity index (χ4n) is 7.00. The minimum atomic E-state index is -1.69. The third-order valence-electron chi connectivity index (χ3n) is 8.69. The summed E-state index contributed by atoms with van der Waals surface area (Å²) in [7, 11) is -1.69. The molecule has 0 saturated heterocycles. The fourth-order valence-corrected chi connectivity index (χ4v) is 10.8. The highest BCUT2D eigenvalue weighted by Crippen LogP contribution is 2.52. The molecule has 0 amide bonds. The zero-order valence-electron chi connectivity index (χ0n) is 19.5. The van der Waals surface area contributed by atoms with Crippen LogP contribution in [0.4, 0.5) is 0 Å². The Labute approximate surface area is 188 Å². The van der Waals surface area contributed by atoms with E-state index in [-0.39, 0.29) is 0 Å². The van der Waals surface area contributed by atoms with Crippen LogP contribution < -0.4 is 0 Å². The fraction of sp³-hybridized carbons (Fsp3) is 0.400. The Hall–Kier alpha value is -2.12. The van der Waals surface area contributed by atoms with E-state index in [9.17, 15) is 0 Å². The SMILES string of the molecule is CC(C)C1=CC([Si](C)(C)C2CCc3c2ccc2ccccc32)=C2C=C3CCCC3=CC12. The lowest BCUT2D eigenvalue weighted by Crippen LogP contribution is -2.37. The smallest absolute Gasteiger partial charge is 0.0695 e. The van der Waals surface area contributed by atoms with Gasteiger partial charge in [0.25, 0.3) is 0 Å². The Balaban J connectivity index is 1.48. The predicted molar refractivity (Wildman–Crippen MR) is 136 cm³/mol. The summed E-state index contributed by atoms with van der Waals surface area (Å²) in [5.74, 6) is 1.17. The molecule has 0 bridgehead atoms. The first-order valence-corrected chi connectivity index (χ1v) is 15.4. The average Bonchev–Trinajstić information content (AvgIpc) is 3.48. The van der Waals surface area contributed by atoms with Gasteiger partial charge in [-0.05, 0) is 82.2 Å². The second-order valence-corrected chi connectivity index (χ2v) is 15.7. The quantitative estimate of drug-likeness (QED) is 0.437. The van der Waals surface area contributed by atoms with Crippen molar-refractivity contribution >= 4 is 18.8 Å². The van der Waals surface area contributed by atoms with E-state index in [2.05, 4.69) is 81.6 Å². The van der Waals surface area contributed by atoms with E-state index in [1.54, 1.807) is 38.6 Å². The summed E-state index contributed by atoms with van der Waals surface area (Å²) in [6.07, 6.45) is 14.5. The largest absolute Gasteiger partial charge is 0.0884 e. The van der Waals surface area contributed by atoms with Gasteiger partial charge in [-0.15, -0.1) is 0 Å². The van der Waals surface area contributed by atoms with Gasteiger partial charge in [0.1, 0.15) is 0 Å². The van der Waals surface area contributed by atoms with E-state index in [0.29, 0.717) is 11.8 Å². The van der Waals surface area contributed by atoms with E-state index in [1.165, 1.54) is 42.9 Å². The molecular formula is C30H34Si. The van der Waals surface area contributed by atoms with Crippen LogP contribution in [0.1, 0.15) is 56.2 Å². The van der Waals surface area contributed by atoms with Gasteiger partial charge >= 0.3 is 0 Å². The van der Waals surface area contributed by atoms with Gasteiger partial charge in [0, 0.05) is 5.92 Å². The number of hydrogen-bond acceptors (Lipinski definition) is 0. The molecule has 2 unspecified atom stereocenters. The number of allylic oxidation sites excluding steroid dienone is 8. The highest BCUT2D eigenvalue weighted by molar-refractivity contribution is 6.86. The Morgan fingerprint density at radius 2 is 1.71 bits per heavy atom. The molecular weight excluding hydrogens is 388 g/mol. The predicted octanol–water partition coefficient (Wildman–Crippen LogP) is 8.22. The van der Waals surface area contributed by atoms with Gasteiger partial charge in [0.15, 0.2) is 0 Å². The van der Waals surface area contributed by atoms with Crippen LogP contribution in [0.5, 0.6) is 0 Å². The van der Waals surface area contributed by atoms with Crippen LogP contribution in [0.15, 0.2) is 82.1 Å². The Morgan fingerprint density at radius 3 is 2.55 bits per heavy atom. The molecule has 1 heteroatoms. The maximum absolute atomic E-state index is 2.67. The van der Waals surface area contributed by atoms with Gasteiger partial charge in [-0.3, -0.25) is 0 Å². The summed E-state index contributed by atoms with van der Waals surface area (Å²) in [6, 6.07) is 13.8. The molecule has 31 heavy (non-hydrogen) atoms. The molecule has 4 aliphatic carbocycles. The maximum atomic E-state index is 2.67. The lowest BCUT2D eigenvalue weighted by molar-refractivity contribution is 0.690. The van der Waals surface area contributed by atoms with Crippen molar-refractivity contribution in [3.05, 3.63) is 93.2 Å². The van der Waals surface area contributed by atoms with Crippen LogP contribution in [0, 0.1) is 11.8 Å². The molecule has 4 aliphatic rings. The Kier molecular flexibility index (Phi) is 4.38. The van der Waals surface area contributed by atoms with E-state index < -0.39 is 8.07 Å². The van der Waals surface area contributed by atoms with E-state index in [1.807, 2.05) is 0 Å². The van der Waals surface area contributed by atoms with Crippen LogP contribution >= 0.6 is 0 Å². The molecule has 2 aromatic carbocycles. The standard InChI is InChI=1S/C30H34Si/c1-19(2)26-18-30(28-17-22-10-7-9-21(22)16-27(26)28)31(3,4)29-15-14-24-23-11-6-5-8-20(23)12-13-25(24)29/h5-6,8,11-13,16-19,27,29H,7,9-10,14-15H2,1-4H3. The average molecular weight is 423 g/mol. The lowest BCUT2D eigenvalue weighted by atomic mass is 9.82. The molecule has 0 heterocycles. The van der Waals surface area contributed by atoms with Crippen LogP contribution in [-0.4, -0.2) is 8.07 Å². The normalized spacial score (nSPS) is 24.9. The van der Waals surface area contributed by atoms with Crippen molar-refractivity contribution in [1.82, 2.24) is 0 Å². The molecule has 6 rings (SSSR count). The van der Waals surface area contributed by atoms with Gasteiger partial charge < -0.3 is 0 Å². The summed E-state index contributed by atoms with van der Waals surface area (Å²) < 4.78 is 0. The minimum absolute atomic E-state index is 0.552. The molecule has 0 aromatic heterocycles. The zero-order chi connectivity index (χ0) is 21.3. The number of benzene rings is 2. The summed E-state index contributed by atoms with van der Waals surface area (Å²) in [5.41, 5.74) is 10.7. The van der Waals surface area contributed by atoms with Crippen molar-refractivity contribution in [3.8, 4) is 0 Å². The van der Waals surface area contributed by atoms with Gasteiger partial charge in [-0.1, -0.05) is 92.3 Å². The van der Waals surface area contributed by atoms with E-state index in [0.717, 1.165) is 5.54 Å². The zero-order valence-corrected chi connectivity index (χ0v) is 20.5. The molecule has 0 radical (unpaired) electrons. The molecule has 1 fully saturated rings. The van der Waals surface area contributed by atoms with Gasteiger partial charge in [0.2, 0.25) is 0 Å². The third-order valence-corrected chi connectivity index (χ3v) is 12.8. The van der Waals surface area contributed by atoms with Crippen LogP contribution in [0.2, 0.25) is 13.1 Å². The summed E-state index contributed by atoms with van der Waals surface area (Å²) >= 11 is 0. The topological polar surface area (TPSA) is 0 Å². The summed E-state index contributed by atoms with van der Waals surface area (Å²) in [4.78, 5) is 0. The first-order chi connectivity index (χ1) is 14.9. The second-order valence-electron chi connectivity index (χ2n) is 11.0. The van der Waals surface area contributed by atoms with Gasteiger partial charge in [-0.25, -0.2) is 0 Å². The van der Waals surface area contributed by atoms with Crippen LogP contribution in [0.25, 0.3) is 10.8 Å². The third kappa shape index (κ3) is 2.85. The first kappa shape index (κ1) is 19.6. The van der Waals surface area contributed by atoms with Crippen molar-refractivity contribution in [3.63, 3.8) is 0 Å². The van der Waals surface area contributed by atoms with Crippen LogP contribution in [0.3, 0.4) is 0 Å². The van der Waals surface area contributed by atoms with Gasteiger partial charge in [-0.2, -0.15) is 0 Å². The number of aryl methyl sites for hydroxylation is 1. The van der Waals surface area contributed by atoms with Crippen molar-refractivity contribution in [2.24, 2.45) is 11.8 Å². The number of rotatable bonds is 3. The Morgan fingerprint density at radius 1 is 0.903 bits per heavy atom. The molecule has 0 nitrogen and oxygen atoms in total. The molecule has 0 N–H and O–H groups in total. The van der Waals surface area contributed by atoms with Gasteiger partial charge in [0.05, 0.1) is 8.07 Å². The number of hydrogen-bond donors (Lipinski definition) is 0. The van der Waals surface area contributed by atoms with Crippen molar-refractivity contribution in [1.29, 1.82) is 0 Å². The highest BCUT2D eigenvalue weighted by atomic mass is 28.3. The van der Waals surface area contributed by atoms with E-state index >= 15 is 0 Å². The van der Waals surface area contributed by atoms with Crippen molar-refractivity contribution in [2.45, 2.75) is 64.6 Å². The Bertz CT molecular complexity index is 1210. The molecule has 0 spiro atoms. The first-order valence-electron chi connectivity index (χ1n) is 12.3. The summed E-state index contributed by atoms with van der Waals surface area (Å²) in [5, 5.41) is 4.65. The van der Waals surface area contributed by atoms with Crippen molar-refractivity contribution < 1.29 is 0 Å². The monoisotopic (exact) mass is 422 g/mol. The van der Waals surface area contributed by atoms with Crippen molar-refractivity contribution in [2.75, 3.05) is 0 Å². The maximum Gasteiger partial charge on any atom is 0.0884 e. The molecule has 2 atom stereocenters. The van der Waals surface area contributed by atoms with Crippen LogP contribution in [-0.2, 0) is 6.42 Å². The molecule has 1 saturated carbocycles. The molecule has 2 aromatic rings. The molecule has 0 aliphatic heterocycles. The minimum Gasteiger partial charge on any atom is -0.0695 e. The second kappa shape index (κ2) is 6.94. The lowest BCUT2D eigenvalue weighted by Gasteiger charge is -2.33. The molecule has 158 valence electrons. The number of fused-ring (bicyclic) bond motifs is 5. The highest BCUT2D eigenvalue weighted by Gasteiger charge is 2.44. The van der Waals surface area contributed by atoms with E-state index in [4.69, 9.17) is 0 Å².